The lowest BCUT2D eigenvalue weighted by Gasteiger charge is -2.13. The summed E-state index contributed by atoms with van der Waals surface area (Å²) in [4.78, 5) is 15.5. The number of hydrogen-bond donors (Lipinski definition) is 3. The van der Waals surface area contributed by atoms with E-state index in [1.54, 1.807) is 7.05 Å². The zero-order valence-electron chi connectivity index (χ0n) is 15.5. The van der Waals surface area contributed by atoms with Gasteiger partial charge in [0.15, 0.2) is 5.96 Å². The van der Waals surface area contributed by atoms with E-state index < -0.39 is 0 Å². The Morgan fingerprint density at radius 1 is 0.958 bits per heavy atom. The van der Waals surface area contributed by atoms with Crippen LogP contribution in [0.15, 0.2) is 4.99 Å². The van der Waals surface area contributed by atoms with Crippen LogP contribution < -0.4 is 16.0 Å². The number of hydrogen-bond acceptors (Lipinski definition) is 4. The molecule has 0 aromatic rings. The van der Waals surface area contributed by atoms with Gasteiger partial charge in [-0.2, -0.15) is 0 Å². The molecular weight excluding hydrogens is 423 g/mol. The van der Waals surface area contributed by atoms with Crippen LogP contribution in [0.4, 0.5) is 0 Å². The third kappa shape index (κ3) is 16.3. The second-order valence-corrected chi connectivity index (χ2v) is 5.45. The van der Waals surface area contributed by atoms with Crippen molar-refractivity contribution in [3.05, 3.63) is 0 Å². The van der Waals surface area contributed by atoms with Crippen LogP contribution in [0, 0.1) is 5.92 Å². The average Bonchev–Trinajstić information content (AvgIpc) is 2.54. The summed E-state index contributed by atoms with van der Waals surface area (Å²) in [5.41, 5.74) is 0. The highest BCUT2D eigenvalue weighted by atomic mass is 127. The second-order valence-electron chi connectivity index (χ2n) is 5.45. The van der Waals surface area contributed by atoms with Gasteiger partial charge in [-0.05, 0) is 6.42 Å². The number of nitrogens with zero attached hydrogens (tertiary/aromatic N) is 1. The van der Waals surface area contributed by atoms with Crippen molar-refractivity contribution in [2.24, 2.45) is 10.9 Å². The van der Waals surface area contributed by atoms with E-state index >= 15 is 0 Å². The first-order valence-electron chi connectivity index (χ1n) is 8.49. The first-order chi connectivity index (χ1) is 11.1. The Kier molecular flexibility index (Phi) is 20.0. The largest absolute Gasteiger partial charge is 0.379 e. The van der Waals surface area contributed by atoms with Crippen molar-refractivity contribution >= 4 is 35.8 Å². The van der Waals surface area contributed by atoms with Crippen molar-refractivity contribution in [1.29, 1.82) is 0 Å². The van der Waals surface area contributed by atoms with Crippen LogP contribution >= 0.6 is 24.0 Å². The standard InChI is InChI=1S/C16H34N4O3.HI/c1-5-6-10-22-12-13-23-11-9-20-16(17-4)19-8-7-18-15(21)14(2)3;/h14H,5-13H2,1-4H3,(H,18,21)(H2,17,19,20);1H. The predicted octanol–water partition coefficient (Wildman–Crippen LogP) is 1.37. The molecule has 8 heteroatoms. The van der Waals surface area contributed by atoms with Crippen molar-refractivity contribution in [2.75, 3.05) is 53.1 Å². The van der Waals surface area contributed by atoms with Gasteiger partial charge in [-0.1, -0.05) is 27.2 Å². The quantitative estimate of drug-likeness (QED) is 0.168. The Balaban J connectivity index is 0. The molecule has 3 N–H and O–H groups in total. The number of nitrogens with one attached hydrogen (secondary N) is 3. The molecule has 0 heterocycles. The van der Waals surface area contributed by atoms with Crippen LogP contribution in [0.3, 0.4) is 0 Å². The van der Waals surface area contributed by atoms with Gasteiger partial charge in [-0.3, -0.25) is 9.79 Å². The summed E-state index contributed by atoms with van der Waals surface area (Å²) in [6.07, 6.45) is 2.25. The fraction of sp³-hybridized carbons (Fsp3) is 0.875. The Hall–Kier alpha value is -0.610. The van der Waals surface area contributed by atoms with Crippen molar-refractivity contribution in [3.63, 3.8) is 0 Å². The molecule has 0 radical (unpaired) electrons. The highest BCUT2D eigenvalue weighted by Crippen LogP contribution is 1.89. The van der Waals surface area contributed by atoms with Crippen molar-refractivity contribution < 1.29 is 14.3 Å². The summed E-state index contributed by atoms with van der Waals surface area (Å²) in [5, 5.41) is 9.13. The summed E-state index contributed by atoms with van der Waals surface area (Å²) in [7, 11) is 1.71. The molecule has 0 aromatic heterocycles. The van der Waals surface area contributed by atoms with Gasteiger partial charge in [0.05, 0.1) is 19.8 Å². The molecule has 0 saturated heterocycles. The number of carbonyl (C=O) groups excluding carboxylic acids is 1. The third-order valence-electron chi connectivity index (χ3n) is 3.02. The van der Waals surface area contributed by atoms with E-state index in [9.17, 15) is 4.79 Å². The minimum absolute atomic E-state index is 0. The molecule has 0 saturated carbocycles. The predicted molar refractivity (Wildman–Crippen MR) is 109 cm³/mol. The molecule has 0 aromatic carbocycles. The molecule has 0 aliphatic rings. The van der Waals surface area contributed by atoms with Gasteiger partial charge in [0.1, 0.15) is 0 Å². The van der Waals surface area contributed by atoms with Crippen LogP contribution in [0.25, 0.3) is 0 Å². The van der Waals surface area contributed by atoms with Gasteiger partial charge in [0.2, 0.25) is 5.91 Å². The van der Waals surface area contributed by atoms with Gasteiger partial charge < -0.3 is 25.4 Å². The van der Waals surface area contributed by atoms with E-state index in [0.717, 1.165) is 19.4 Å². The average molecular weight is 458 g/mol. The molecule has 1 amide bonds. The van der Waals surface area contributed by atoms with E-state index in [4.69, 9.17) is 9.47 Å². The number of aliphatic imine (C=N–C) groups is 1. The molecule has 0 bridgehead atoms. The summed E-state index contributed by atoms with van der Waals surface area (Å²) in [5.74, 6) is 0.770. The third-order valence-corrected chi connectivity index (χ3v) is 3.02. The number of rotatable bonds is 13. The van der Waals surface area contributed by atoms with Gasteiger partial charge in [-0.25, -0.2) is 0 Å². The molecule has 0 unspecified atom stereocenters. The Labute approximate surface area is 163 Å². The highest BCUT2D eigenvalue weighted by molar-refractivity contribution is 14.0. The minimum atomic E-state index is 0. The molecular formula is C16H35IN4O3. The lowest BCUT2D eigenvalue weighted by Crippen LogP contribution is -2.43. The maximum absolute atomic E-state index is 11.4. The van der Waals surface area contributed by atoms with Crippen molar-refractivity contribution in [3.8, 4) is 0 Å². The number of carbonyl (C=O) groups is 1. The Bertz CT molecular complexity index is 328. The SMILES string of the molecule is CCCCOCCOCCNC(=NC)NCCNC(=O)C(C)C.I. The maximum atomic E-state index is 11.4. The fourth-order valence-electron chi connectivity index (χ4n) is 1.60. The molecule has 0 aliphatic heterocycles. The number of amides is 1. The fourth-order valence-corrected chi connectivity index (χ4v) is 1.60. The first kappa shape index (κ1) is 25.6. The summed E-state index contributed by atoms with van der Waals surface area (Å²) in [6.45, 7) is 10.4. The maximum Gasteiger partial charge on any atom is 0.222 e. The van der Waals surface area contributed by atoms with E-state index in [1.807, 2.05) is 13.8 Å². The van der Waals surface area contributed by atoms with Gasteiger partial charge in [0.25, 0.3) is 0 Å². The van der Waals surface area contributed by atoms with Gasteiger partial charge >= 0.3 is 0 Å². The molecule has 0 rings (SSSR count). The summed E-state index contributed by atoms with van der Waals surface area (Å²) >= 11 is 0. The van der Waals surface area contributed by atoms with Crippen LogP contribution in [-0.4, -0.2) is 65.0 Å². The van der Waals surface area contributed by atoms with Gasteiger partial charge in [-0.15, -0.1) is 24.0 Å². The number of ether oxygens (including phenoxy) is 2. The molecule has 0 atom stereocenters. The van der Waals surface area contributed by atoms with E-state index in [1.165, 1.54) is 0 Å². The van der Waals surface area contributed by atoms with Crippen LogP contribution in [-0.2, 0) is 14.3 Å². The van der Waals surface area contributed by atoms with Crippen molar-refractivity contribution in [2.45, 2.75) is 33.6 Å². The normalized spacial score (nSPS) is 11.1. The highest BCUT2D eigenvalue weighted by Gasteiger charge is 2.05. The molecule has 24 heavy (non-hydrogen) atoms. The zero-order valence-corrected chi connectivity index (χ0v) is 17.9. The lowest BCUT2D eigenvalue weighted by atomic mass is 10.2. The van der Waals surface area contributed by atoms with E-state index in [0.29, 0.717) is 45.4 Å². The topological polar surface area (TPSA) is 84.0 Å². The number of halogens is 1. The van der Waals surface area contributed by atoms with Crippen LogP contribution in [0.5, 0.6) is 0 Å². The molecule has 144 valence electrons. The molecule has 7 nitrogen and oxygen atoms in total. The molecule has 0 fully saturated rings. The first-order valence-corrected chi connectivity index (χ1v) is 8.49. The minimum Gasteiger partial charge on any atom is -0.379 e. The van der Waals surface area contributed by atoms with E-state index in [2.05, 4.69) is 27.9 Å². The molecule has 0 aliphatic carbocycles. The Morgan fingerprint density at radius 2 is 1.54 bits per heavy atom. The van der Waals surface area contributed by atoms with Crippen LogP contribution in [0.1, 0.15) is 33.6 Å². The van der Waals surface area contributed by atoms with Crippen LogP contribution in [0.2, 0.25) is 0 Å². The van der Waals surface area contributed by atoms with Crippen molar-refractivity contribution in [1.82, 2.24) is 16.0 Å². The smallest absolute Gasteiger partial charge is 0.222 e. The second kappa shape index (κ2) is 18.7. The van der Waals surface area contributed by atoms with E-state index in [-0.39, 0.29) is 35.8 Å². The lowest BCUT2D eigenvalue weighted by molar-refractivity contribution is -0.123. The monoisotopic (exact) mass is 458 g/mol. The Morgan fingerprint density at radius 3 is 2.12 bits per heavy atom. The van der Waals surface area contributed by atoms with Gasteiger partial charge in [0, 0.05) is 39.2 Å². The zero-order chi connectivity index (χ0) is 17.3. The number of guanidine groups is 1. The number of unbranched alkanes of at least 4 members (excludes halogenated alkanes) is 1. The molecule has 0 spiro atoms. The summed E-state index contributed by atoms with van der Waals surface area (Å²) in [6, 6.07) is 0. The summed E-state index contributed by atoms with van der Waals surface area (Å²) < 4.78 is 10.9.